The van der Waals surface area contributed by atoms with Crippen LogP contribution < -0.4 is 24.4 Å². The highest BCUT2D eigenvalue weighted by Gasteiger charge is 2.17. The van der Waals surface area contributed by atoms with E-state index in [9.17, 15) is 9.59 Å². The number of benzene rings is 3. The number of hydrazone groups is 1. The van der Waals surface area contributed by atoms with Gasteiger partial charge in [0.2, 0.25) is 6.79 Å². The minimum absolute atomic E-state index is 0.123. The molecule has 1 heterocycles. The van der Waals surface area contributed by atoms with Crippen molar-refractivity contribution in [1.82, 2.24) is 5.43 Å². The lowest BCUT2D eigenvalue weighted by molar-refractivity contribution is -0.123. The van der Waals surface area contributed by atoms with Crippen LogP contribution in [0.5, 0.6) is 23.0 Å². The second-order valence-corrected chi connectivity index (χ2v) is 6.95. The molecule has 32 heavy (non-hydrogen) atoms. The summed E-state index contributed by atoms with van der Waals surface area (Å²) in [5.74, 6) is 0.818. The van der Waals surface area contributed by atoms with E-state index in [1.807, 2.05) is 0 Å². The Hall–Kier alpha value is -4.04. The summed E-state index contributed by atoms with van der Waals surface area (Å²) >= 11 is 5.97. The highest BCUT2D eigenvalue weighted by molar-refractivity contribution is 6.32. The van der Waals surface area contributed by atoms with Crippen molar-refractivity contribution >= 4 is 29.7 Å². The quantitative estimate of drug-likeness (QED) is 0.253. The molecule has 1 aliphatic rings. The number of esters is 1. The number of carbonyl (C=O) groups is 2. The molecular formula is C23H17ClN2O6. The number of ether oxygens (including phenoxy) is 4. The van der Waals surface area contributed by atoms with Gasteiger partial charge in [-0.2, -0.15) is 5.10 Å². The van der Waals surface area contributed by atoms with Crippen LogP contribution in [-0.2, 0) is 4.79 Å². The monoisotopic (exact) mass is 452 g/mol. The number of rotatable bonds is 7. The molecule has 0 aliphatic carbocycles. The fraction of sp³-hybridized carbons (Fsp3) is 0.0870. The molecule has 0 radical (unpaired) electrons. The van der Waals surface area contributed by atoms with E-state index in [0.29, 0.717) is 39.1 Å². The Morgan fingerprint density at radius 1 is 1.03 bits per heavy atom. The smallest absolute Gasteiger partial charge is 0.343 e. The van der Waals surface area contributed by atoms with E-state index in [4.69, 9.17) is 30.5 Å². The van der Waals surface area contributed by atoms with Crippen LogP contribution in [-0.4, -0.2) is 31.5 Å². The fourth-order valence-corrected chi connectivity index (χ4v) is 2.95. The van der Waals surface area contributed by atoms with Crippen molar-refractivity contribution in [1.29, 1.82) is 0 Å². The van der Waals surface area contributed by atoms with Gasteiger partial charge in [-0.05, 0) is 48.0 Å². The number of halogens is 1. The lowest BCUT2D eigenvalue weighted by Gasteiger charge is -2.07. The molecule has 0 saturated carbocycles. The second kappa shape index (κ2) is 9.84. The number of amides is 1. The molecule has 0 bridgehead atoms. The van der Waals surface area contributed by atoms with E-state index in [1.165, 1.54) is 6.21 Å². The first-order valence-corrected chi connectivity index (χ1v) is 9.87. The summed E-state index contributed by atoms with van der Waals surface area (Å²) in [5, 5.41) is 4.30. The third kappa shape index (κ3) is 5.35. The molecule has 1 N–H and O–H groups in total. The molecule has 0 spiro atoms. The van der Waals surface area contributed by atoms with Crippen LogP contribution in [0.2, 0.25) is 5.02 Å². The maximum absolute atomic E-state index is 12.4. The lowest BCUT2D eigenvalue weighted by Crippen LogP contribution is -2.24. The Labute approximate surface area is 188 Å². The van der Waals surface area contributed by atoms with Gasteiger partial charge in [-0.25, -0.2) is 10.2 Å². The molecule has 4 rings (SSSR count). The first-order chi connectivity index (χ1) is 15.6. The summed E-state index contributed by atoms with van der Waals surface area (Å²) in [6, 6.07) is 18.4. The van der Waals surface area contributed by atoms with Gasteiger partial charge in [-0.1, -0.05) is 35.9 Å². The molecule has 162 valence electrons. The predicted molar refractivity (Wildman–Crippen MR) is 117 cm³/mol. The first kappa shape index (κ1) is 21.2. The van der Waals surface area contributed by atoms with Gasteiger partial charge in [0.1, 0.15) is 11.5 Å². The molecule has 9 heteroatoms. The van der Waals surface area contributed by atoms with Crippen LogP contribution in [0.4, 0.5) is 0 Å². The number of hydrogen-bond acceptors (Lipinski definition) is 7. The van der Waals surface area contributed by atoms with Gasteiger partial charge >= 0.3 is 5.97 Å². The van der Waals surface area contributed by atoms with E-state index < -0.39 is 11.9 Å². The maximum atomic E-state index is 12.4. The van der Waals surface area contributed by atoms with Gasteiger partial charge in [0.25, 0.3) is 5.91 Å². The molecule has 1 aliphatic heterocycles. The summed E-state index contributed by atoms with van der Waals surface area (Å²) in [4.78, 5) is 24.3. The van der Waals surface area contributed by atoms with Crippen molar-refractivity contribution < 1.29 is 28.5 Å². The maximum Gasteiger partial charge on any atom is 0.343 e. The zero-order valence-electron chi connectivity index (χ0n) is 16.6. The molecule has 0 atom stereocenters. The fourth-order valence-electron chi connectivity index (χ4n) is 2.76. The van der Waals surface area contributed by atoms with Gasteiger partial charge in [0.05, 0.1) is 16.8 Å². The molecule has 3 aromatic carbocycles. The Bertz CT molecular complexity index is 1180. The number of para-hydroxylation sites is 1. The van der Waals surface area contributed by atoms with Gasteiger partial charge in [-0.15, -0.1) is 0 Å². The van der Waals surface area contributed by atoms with Crippen molar-refractivity contribution in [2.24, 2.45) is 5.10 Å². The van der Waals surface area contributed by atoms with Crippen molar-refractivity contribution in [3.8, 4) is 23.0 Å². The average molecular weight is 453 g/mol. The van der Waals surface area contributed by atoms with Gasteiger partial charge in [-0.3, -0.25) is 4.79 Å². The number of hydrogen-bond donors (Lipinski definition) is 1. The third-order valence-corrected chi connectivity index (χ3v) is 4.59. The van der Waals surface area contributed by atoms with Crippen LogP contribution in [0, 0.1) is 0 Å². The molecule has 3 aromatic rings. The van der Waals surface area contributed by atoms with Crippen molar-refractivity contribution in [3.05, 3.63) is 82.9 Å². The van der Waals surface area contributed by atoms with Crippen LogP contribution in [0.1, 0.15) is 15.9 Å². The number of fused-ring (bicyclic) bond motifs is 1. The van der Waals surface area contributed by atoms with Crippen molar-refractivity contribution in [3.63, 3.8) is 0 Å². The van der Waals surface area contributed by atoms with Crippen LogP contribution in [0.3, 0.4) is 0 Å². The van der Waals surface area contributed by atoms with Gasteiger partial charge in [0.15, 0.2) is 18.1 Å². The summed E-state index contributed by atoms with van der Waals surface area (Å²) < 4.78 is 21.3. The van der Waals surface area contributed by atoms with Gasteiger partial charge < -0.3 is 18.9 Å². The Morgan fingerprint density at radius 3 is 2.75 bits per heavy atom. The molecular weight excluding hydrogens is 436 g/mol. The van der Waals surface area contributed by atoms with Crippen molar-refractivity contribution in [2.45, 2.75) is 0 Å². The zero-order valence-corrected chi connectivity index (χ0v) is 17.4. The molecule has 8 nitrogen and oxygen atoms in total. The Morgan fingerprint density at radius 2 is 1.88 bits per heavy atom. The summed E-state index contributed by atoms with van der Waals surface area (Å²) in [7, 11) is 0. The second-order valence-electron chi connectivity index (χ2n) is 6.54. The predicted octanol–water partition coefficient (Wildman–Crippen LogP) is 3.82. The molecule has 0 saturated heterocycles. The Balaban J connectivity index is 1.30. The van der Waals surface area contributed by atoms with Gasteiger partial charge in [0, 0.05) is 0 Å². The minimum Gasteiger partial charge on any atom is -0.482 e. The minimum atomic E-state index is -0.539. The van der Waals surface area contributed by atoms with Crippen LogP contribution in [0.15, 0.2) is 71.8 Å². The number of nitrogens with one attached hydrogen (secondary N) is 1. The molecule has 0 unspecified atom stereocenters. The largest absolute Gasteiger partial charge is 0.482 e. The number of carbonyl (C=O) groups excluding carboxylic acids is 2. The average Bonchev–Trinajstić information content (AvgIpc) is 3.27. The summed E-state index contributed by atoms with van der Waals surface area (Å²) in [5.41, 5.74) is 3.31. The van der Waals surface area contributed by atoms with E-state index in [0.717, 1.165) is 0 Å². The van der Waals surface area contributed by atoms with Crippen LogP contribution >= 0.6 is 11.6 Å². The van der Waals surface area contributed by atoms with E-state index in [1.54, 1.807) is 66.7 Å². The Kier molecular flexibility index (Phi) is 6.52. The molecule has 0 fully saturated rings. The van der Waals surface area contributed by atoms with Crippen molar-refractivity contribution in [2.75, 3.05) is 13.4 Å². The summed E-state index contributed by atoms with van der Waals surface area (Å²) in [6.45, 7) is -0.119. The van der Waals surface area contributed by atoms with Crippen LogP contribution in [0.25, 0.3) is 0 Å². The normalized spacial score (nSPS) is 11.9. The van der Waals surface area contributed by atoms with E-state index in [2.05, 4.69) is 10.5 Å². The lowest BCUT2D eigenvalue weighted by atomic mass is 10.2. The first-order valence-electron chi connectivity index (χ1n) is 9.49. The topological polar surface area (TPSA) is 95.5 Å². The zero-order chi connectivity index (χ0) is 22.3. The van der Waals surface area contributed by atoms with E-state index in [-0.39, 0.29) is 13.4 Å². The highest BCUT2D eigenvalue weighted by atomic mass is 35.5. The number of nitrogens with zero attached hydrogens (tertiary/aromatic N) is 1. The summed E-state index contributed by atoms with van der Waals surface area (Å²) in [6.07, 6.45) is 1.42. The van der Waals surface area contributed by atoms with E-state index >= 15 is 0 Å². The standard InChI is InChI=1S/C23H17ClN2O6/c24-18-6-1-2-7-19(18)29-13-22(27)26-25-12-15-4-3-5-17(10-15)32-23(28)16-8-9-20-21(11-16)31-14-30-20/h1-12H,13-14H2,(H,26,27)/b25-12-. The molecule has 0 aromatic heterocycles. The highest BCUT2D eigenvalue weighted by Crippen LogP contribution is 2.32. The molecule has 1 amide bonds. The third-order valence-electron chi connectivity index (χ3n) is 4.28. The SMILES string of the molecule is O=C(COc1ccccc1Cl)N/N=C\c1cccc(OC(=O)c2ccc3c(c2)OCO3)c1.